The minimum Gasteiger partial charge on any atom is -0.247 e. The zero-order chi connectivity index (χ0) is 18.3. The van der Waals surface area contributed by atoms with Crippen LogP contribution in [-0.2, 0) is 16.4 Å². The molecule has 1 saturated carbocycles. The fraction of sp³-hybridized carbons (Fsp3) is 0.556. The predicted octanol–water partition coefficient (Wildman–Crippen LogP) is 1.62. The molecule has 0 amide bonds. The van der Waals surface area contributed by atoms with Gasteiger partial charge in [0, 0.05) is 19.5 Å². The molecule has 2 aromatic rings. The normalized spacial score (nSPS) is 19.7. The zero-order valence-corrected chi connectivity index (χ0v) is 15.7. The summed E-state index contributed by atoms with van der Waals surface area (Å²) in [5.74, 6) is 1.05. The number of para-hydroxylation sites is 1. The highest BCUT2D eigenvalue weighted by atomic mass is 32.2. The monoisotopic (exact) mass is 376 g/mol. The van der Waals surface area contributed by atoms with Crippen molar-refractivity contribution in [2.45, 2.75) is 44.3 Å². The van der Waals surface area contributed by atoms with E-state index in [1.807, 2.05) is 31.2 Å². The van der Waals surface area contributed by atoms with E-state index in [9.17, 15) is 13.2 Å². The van der Waals surface area contributed by atoms with Crippen molar-refractivity contribution in [3.63, 3.8) is 0 Å². The van der Waals surface area contributed by atoms with Crippen molar-refractivity contribution < 1.29 is 8.42 Å². The Labute approximate surface area is 153 Å². The highest BCUT2D eigenvalue weighted by Gasteiger charge is 2.41. The largest absolute Gasteiger partial charge is 0.347 e. The lowest BCUT2D eigenvalue weighted by Gasteiger charge is -2.31. The molecule has 0 unspecified atom stereocenters. The Bertz CT molecular complexity index is 951. The molecule has 0 radical (unpaired) electrons. The van der Waals surface area contributed by atoms with E-state index in [0.29, 0.717) is 31.3 Å². The first-order chi connectivity index (χ1) is 12.5. The molecule has 8 heteroatoms. The number of aryl methyl sites for hydroxylation is 1. The fourth-order valence-electron chi connectivity index (χ4n) is 3.73. The molecule has 2 aliphatic rings. The average molecular weight is 376 g/mol. The molecule has 140 valence electrons. The van der Waals surface area contributed by atoms with Crippen LogP contribution in [0.1, 0.15) is 37.1 Å². The molecule has 0 spiro atoms. The summed E-state index contributed by atoms with van der Waals surface area (Å²) in [5, 5.41) is 6.64. The summed E-state index contributed by atoms with van der Waals surface area (Å²) in [7, 11) is -3.08. The topological polar surface area (TPSA) is 88.1 Å². The van der Waals surface area contributed by atoms with Gasteiger partial charge in [0.25, 0.3) is 0 Å². The second kappa shape index (κ2) is 6.66. The van der Waals surface area contributed by atoms with Crippen LogP contribution in [0.25, 0.3) is 5.69 Å². The van der Waals surface area contributed by atoms with Crippen molar-refractivity contribution in [3.05, 3.63) is 46.1 Å². The first-order valence-electron chi connectivity index (χ1n) is 9.18. The van der Waals surface area contributed by atoms with E-state index in [0.717, 1.165) is 36.9 Å². The third-order valence-electron chi connectivity index (χ3n) is 5.45. The third-order valence-corrected chi connectivity index (χ3v) is 7.85. The Morgan fingerprint density at radius 2 is 1.85 bits per heavy atom. The first-order valence-corrected chi connectivity index (χ1v) is 10.7. The fourth-order valence-corrected chi connectivity index (χ4v) is 5.61. The summed E-state index contributed by atoms with van der Waals surface area (Å²) in [6, 6.07) is 7.74. The molecular formula is C18H24N4O3S. The van der Waals surface area contributed by atoms with Gasteiger partial charge in [-0.15, -0.1) is 0 Å². The maximum atomic E-state index is 12.4. The SMILES string of the molecule is Cc1ccccc1-n1c(CC2CCN(S(=O)(=O)C3CC3)CC2)n[nH]c1=O. The van der Waals surface area contributed by atoms with E-state index < -0.39 is 10.0 Å². The highest BCUT2D eigenvalue weighted by molar-refractivity contribution is 7.90. The standard InChI is InChI=1S/C18H24N4O3S/c1-13-4-2-3-5-16(13)22-17(19-20-18(22)23)12-14-8-10-21(11-9-14)26(24,25)15-6-7-15/h2-5,14-15H,6-12H2,1H3,(H,20,23). The Morgan fingerprint density at radius 1 is 1.15 bits per heavy atom. The van der Waals surface area contributed by atoms with Crippen molar-refractivity contribution in [1.29, 1.82) is 0 Å². The van der Waals surface area contributed by atoms with Crippen LogP contribution >= 0.6 is 0 Å². The molecule has 26 heavy (non-hydrogen) atoms. The van der Waals surface area contributed by atoms with Crippen LogP contribution in [0.3, 0.4) is 0 Å². The van der Waals surface area contributed by atoms with Crippen molar-refractivity contribution in [1.82, 2.24) is 19.1 Å². The number of aromatic nitrogens is 3. The van der Waals surface area contributed by atoms with Gasteiger partial charge in [-0.05, 0) is 50.2 Å². The van der Waals surface area contributed by atoms with Crippen molar-refractivity contribution >= 4 is 10.0 Å². The summed E-state index contributed by atoms with van der Waals surface area (Å²) in [6.07, 6.45) is 3.89. The predicted molar refractivity (Wildman–Crippen MR) is 98.9 cm³/mol. The number of aromatic amines is 1. The van der Waals surface area contributed by atoms with Crippen molar-refractivity contribution in [3.8, 4) is 5.69 Å². The van der Waals surface area contributed by atoms with Crippen LogP contribution in [0.5, 0.6) is 0 Å². The molecule has 0 bridgehead atoms. The summed E-state index contributed by atoms with van der Waals surface area (Å²) >= 11 is 0. The van der Waals surface area contributed by atoms with Crippen molar-refractivity contribution in [2.24, 2.45) is 5.92 Å². The van der Waals surface area contributed by atoms with Gasteiger partial charge in [0.2, 0.25) is 10.0 Å². The molecule has 1 saturated heterocycles. The molecule has 1 aromatic carbocycles. The van der Waals surface area contributed by atoms with Gasteiger partial charge in [-0.25, -0.2) is 27.2 Å². The number of piperidine rings is 1. The number of nitrogens with one attached hydrogen (secondary N) is 1. The van der Waals surface area contributed by atoms with Gasteiger partial charge in [-0.1, -0.05) is 18.2 Å². The maximum Gasteiger partial charge on any atom is 0.347 e. The molecule has 4 rings (SSSR count). The van der Waals surface area contributed by atoms with Gasteiger partial charge in [0.15, 0.2) is 0 Å². The molecule has 1 aliphatic heterocycles. The number of rotatable bonds is 5. The Kier molecular flexibility index (Phi) is 4.48. The molecular weight excluding hydrogens is 352 g/mol. The third kappa shape index (κ3) is 3.23. The molecule has 1 aromatic heterocycles. The van der Waals surface area contributed by atoms with E-state index in [-0.39, 0.29) is 10.9 Å². The maximum absolute atomic E-state index is 12.4. The van der Waals surface area contributed by atoms with Gasteiger partial charge in [0.05, 0.1) is 10.9 Å². The second-order valence-corrected chi connectivity index (χ2v) is 9.57. The van der Waals surface area contributed by atoms with Crippen LogP contribution in [0, 0.1) is 12.8 Å². The molecule has 7 nitrogen and oxygen atoms in total. The summed E-state index contributed by atoms with van der Waals surface area (Å²) in [5.41, 5.74) is 1.63. The molecule has 1 aliphatic carbocycles. The lowest BCUT2D eigenvalue weighted by atomic mass is 9.94. The van der Waals surface area contributed by atoms with Crippen LogP contribution in [0.15, 0.2) is 29.1 Å². The van der Waals surface area contributed by atoms with E-state index in [2.05, 4.69) is 10.2 Å². The minimum atomic E-state index is -3.08. The van der Waals surface area contributed by atoms with Gasteiger partial charge < -0.3 is 0 Å². The smallest absolute Gasteiger partial charge is 0.247 e. The Hall–Kier alpha value is -1.93. The first kappa shape index (κ1) is 17.5. The molecule has 1 N–H and O–H groups in total. The number of hydrogen-bond acceptors (Lipinski definition) is 4. The van der Waals surface area contributed by atoms with Gasteiger partial charge >= 0.3 is 5.69 Å². The number of benzene rings is 1. The lowest BCUT2D eigenvalue weighted by Crippen LogP contribution is -2.40. The second-order valence-electron chi connectivity index (χ2n) is 7.36. The van der Waals surface area contributed by atoms with Gasteiger partial charge in [0.1, 0.15) is 5.82 Å². The number of nitrogens with zero attached hydrogens (tertiary/aromatic N) is 3. The Balaban J connectivity index is 1.48. The van der Waals surface area contributed by atoms with E-state index in [1.54, 1.807) is 8.87 Å². The van der Waals surface area contributed by atoms with Crippen LogP contribution < -0.4 is 5.69 Å². The van der Waals surface area contributed by atoms with E-state index >= 15 is 0 Å². The van der Waals surface area contributed by atoms with Crippen LogP contribution in [0.4, 0.5) is 0 Å². The van der Waals surface area contributed by atoms with E-state index in [1.165, 1.54) is 0 Å². The summed E-state index contributed by atoms with van der Waals surface area (Å²) in [6.45, 7) is 3.12. The van der Waals surface area contributed by atoms with Crippen LogP contribution in [0.2, 0.25) is 0 Å². The summed E-state index contributed by atoms with van der Waals surface area (Å²) < 4.78 is 28.0. The van der Waals surface area contributed by atoms with E-state index in [4.69, 9.17) is 0 Å². The van der Waals surface area contributed by atoms with Crippen molar-refractivity contribution in [2.75, 3.05) is 13.1 Å². The number of H-pyrrole nitrogens is 1. The average Bonchev–Trinajstić information content (AvgIpc) is 3.42. The van der Waals surface area contributed by atoms with Crippen LogP contribution in [-0.4, -0.2) is 45.8 Å². The van der Waals surface area contributed by atoms with Gasteiger partial charge in [-0.3, -0.25) is 0 Å². The minimum absolute atomic E-state index is 0.142. The number of sulfonamides is 1. The zero-order valence-electron chi connectivity index (χ0n) is 14.9. The molecule has 0 atom stereocenters. The lowest BCUT2D eigenvalue weighted by molar-refractivity contribution is 0.269. The Morgan fingerprint density at radius 3 is 2.50 bits per heavy atom. The highest BCUT2D eigenvalue weighted by Crippen LogP contribution is 2.33. The molecule has 2 fully saturated rings. The number of hydrogen-bond donors (Lipinski definition) is 1. The van der Waals surface area contributed by atoms with Gasteiger partial charge in [-0.2, -0.15) is 5.10 Å². The molecule has 2 heterocycles. The quantitative estimate of drug-likeness (QED) is 0.859. The summed E-state index contributed by atoms with van der Waals surface area (Å²) in [4.78, 5) is 12.3.